The molecule has 1 unspecified atom stereocenters. The Bertz CT molecular complexity index is 748. The molecule has 1 atom stereocenters. The van der Waals surface area contributed by atoms with E-state index in [0.29, 0.717) is 18.3 Å². The summed E-state index contributed by atoms with van der Waals surface area (Å²) in [6, 6.07) is 7.81. The Kier molecular flexibility index (Phi) is 4.79. The van der Waals surface area contributed by atoms with Gasteiger partial charge in [0.15, 0.2) is 5.82 Å². The van der Waals surface area contributed by atoms with Gasteiger partial charge in [0.1, 0.15) is 5.60 Å². The maximum Gasteiger partial charge on any atom is 0.410 e. The van der Waals surface area contributed by atoms with E-state index in [2.05, 4.69) is 23.1 Å². The number of carbonyl (C=O) groups excluding carboxylic acids is 1. The quantitative estimate of drug-likeness (QED) is 0.827. The molecule has 2 aromatic rings. The summed E-state index contributed by atoms with van der Waals surface area (Å²) in [5, 5.41) is 4.14. The molecule has 1 saturated heterocycles. The number of hydrogen-bond donors (Lipinski definition) is 0. The van der Waals surface area contributed by atoms with Crippen LogP contribution in [-0.2, 0) is 11.2 Å². The molecule has 25 heavy (non-hydrogen) atoms. The van der Waals surface area contributed by atoms with E-state index in [1.165, 1.54) is 0 Å². The number of amides is 1. The summed E-state index contributed by atoms with van der Waals surface area (Å²) >= 11 is 0. The second-order valence-corrected chi connectivity index (χ2v) is 7.30. The Morgan fingerprint density at radius 1 is 1.36 bits per heavy atom. The number of rotatable bonds is 3. The lowest BCUT2D eigenvalue weighted by Gasteiger charge is -2.27. The van der Waals surface area contributed by atoms with Crippen LogP contribution < -0.4 is 0 Å². The molecule has 134 valence electrons. The van der Waals surface area contributed by atoms with Crippen molar-refractivity contribution < 1.29 is 14.1 Å². The maximum absolute atomic E-state index is 12.4. The van der Waals surface area contributed by atoms with E-state index in [4.69, 9.17) is 9.26 Å². The molecular formula is C19H25N3O3. The standard InChI is InChI=1S/C19H25N3O3/c1-5-13-9-6-7-10-14(13)17-20-16(21-25-17)15-11-8-12-22(15)18(23)24-19(2,3)4/h6-7,9-10,15H,5,8,11-12H2,1-4H3. The largest absolute Gasteiger partial charge is 0.444 e. The van der Waals surface area contributed by atoms with E-state index in [1.54, 1.807) is 4.90 Å². The van der Waals surface area contributed by atoms with Gasteiger partial charge in [0.25, 0.3) is 5.89 Å². The normalized spacial score (nSPS) is 17.8. The van der Waals surface area contributed by atoms with E-state index in [-0.39, 0.29) is 12.1 Å². The second kappa shape index (κ2) is 6.86. The molecule has 1 fully saturated rings. The number of hydrogen-bond acceptors (Lipinski definition) is 5. The molecule has 6 nitrogen and oxygen atoms in total. The van der Waals surface area contributed by atoms with Crippen LogP contribution in [0.25, 0.3) is 11.5 Å². The predicted octanol–water partition coefficient (Wildman–Crippen LogP) is 4.37. The van der Waals surface area contributed by atoms with Gasteiger partial charge in [-0.15, -0.1) is 0 Å². The first-order chi connectivity index (χ1) is 11.9. The Labute approximate surface area is 148 Å². The van der Waals surface area contributed by atoms with Crippen molar-refractivity contribution in [2.24, 2.45) is 0 Å². The summed E-state index contributed by atoms with van der Waals surface area (Å²) < 4.78 is 11.0. The number of aryl methyl sites for hydroxylation is 1. The fourth-order valence-electron chi connectivity index (χ4n) is 3.09. The lowest BCUT2D eigenvalue weighted by molar-refractivity contribution is 0.0217. The van der Waals surface area contributed by atoms with Gasteiger partial charge in [-0.2, -0.15) is 4.98 Å². The van der Waals surface area contributed by atoms with Crippen molar-refractivity contribution in [2.45, 2.75) is 58.6 Å². The molecule has 1 aliphatic rings. The van der Waals surface area contributed by atoms with Crippen molar-refractivity contribution in [3.8, 4) is 11.5 Å². The Morgan fingerprint density at radius 3 is 2.84 bits per heavy atom. The third-order valence-corrected chi connectivity index (χ3v) is 4.25. The summed E-state index contributed by atoms with van der Waals surface area (Å²) in [5.74, 6) is 1.05. The molecule has 1 aliphatic heterocycles. The van der Waals surface area contributed by atoms with Crippen molar-refractivity contribution in [1.29, 1.82) is 0 Å². The molecule has 3 rings (SSSR count). The van der Waals surface area contributed by atoms with Gasteiger partial charge in [0.05, 0.1) is 6.04 Å². The molecule has 1 amide bonds. The number of carbonyl (C=O) groups is 1. The minimum absolute atomic E-state index is 0.193. The van der Waals surface area contributed by atoms with Crippen LogP contribution in [0.3, 0.4) is 0 Å². The van der Waals surface area contributed by atoms with Crippen LogP contribution in [0.5, 0.6) is 0 Å². The molecule has 2 heterocycles. The Morgan fingerprint density at radius 2 is 2.12 bits per heavy atom. The van der Waals surface area contributed by atoms with Crippen LogP contribution in [-0.4, -0.2) is 33.3 Å². The Hall–Kier alpha value is -2.37. The average molecular weight is 343 g/mol. The highest BCUT2D eigenvalue weighted by atomic mass is 16.6. The van der Waals surface area contributed by atoms with Crippen LogP contribution in [0.1, 0.15) is 58.0 Å². The highest BCUT2D eigenvalue weighted by molar-refractivity contribution is 5.69. The van der Waals surface area contributed by atoms with Gasteiger partial charge in [0, 0.05) is 12.1 Å². The summed E-state index contributed by atoms with van der Waals surface area (Å²) in [6.07, 6.45) is 2.28. The SMILES string of the molecule is CCc1ccccc1-c1nc(C2CCCN2C(=O)OC(C)(C)C)no1. The monoisotopic (exact) mass is 343 g/mol. The zero-order valence-corrected chi connectivity index (χ0v) is 15.3. The van der Waals surface area contributed by atoms with Crippen molar-refractivity contribution in [3.63, 3.8) is 0 Å². The molecular weight excluding hydrogens is 318 g/mol. The molecule has 0 bridgehead atoms. The minimum Gasteiger partial charge on any atom is -0.444 e. The number of likely N-dealkylation sites (tertiary alicyclic amines) is 1. The summed E-state index contributed by atoms with van der Waals surface area (Å²) in [5.41, 5.74) is 1.59. The highest BCUT2D eigenvalue weighted by Gasteiger charge is 2.36. The summed E-state index contributed by atoms with van der Waals surface area (Å²) in [7, 11) is 0. The smallest absolute Gasteiger partial charge is 0.410 e. The number of nitrogens with zero attached hydrogens (tertiary/aromatic N) is 3. The zero-order chi connectivity index (χ0) is 18.0. The molecule has 0 saturated carbocycles. The fourth-order valence-corrected chi connectivity index (χ4v) is 3.09. The molecule has 1 aromatic heterocycles. The Balaban J connectivity index is 1.83. The highest BCUT2D eigenvalue weighted by Crippen LogP contribution is 2.33. The molecule has 0 aliphatic carbocycles. The van der Waals surface area contributed by atoms with E-state index in [9.17, 15) is 4.79 Å². The predicted molar refractivity (Wildman–Crippen MR) is 94.0 cm³/mol. The lowest BCUT2D eigenvalue weighted by Crippen LogP contribution is -2.36. The minimum atomic E-state index is -0.521. The number of aromatic nitrogens is 2. The van der Waals surface area contributed by atoms with Crippen LogP contribution in [0.15, 0.2) is 28.8 Å². The number of benzene rings is 1. The van der Waals surface area contributed by atoms with E-state index >= 15 is 0 Å². The van der Waals surface area contributed by atoms with Gasteiger partial charge in [-0.25, -0.2) is 4.79 Å². The molecule has 0 spiro atoms. The second-order valence-electron chi connectivity index (χ2n) is 7.30. The van der Waals surface area contributed by atoms with Gasteiger partial charge >= 0.3 is 6.09 Å². The topological polar surface area (TPSA) is 68.5 Å². The first-order valence-electron chi connectivity index (χ1n) is 8.80. The first kappa shape index (κ1) is 17.5. The maximum atomic E-state index is 12.4. The van der Waals surface area contributed by atoms with Crippen molar-refractivity contribution in [3.05, 3.63) is 35.7 Å². The summed E-state index contributed by atoms with van der Waals surface area (Å²) in [6.45, 7) is 8.34. The zero-order valence-electron chi connectivity index (χ0n) is 15.3. The fraction of sp³-hybridized carbons (Fsp3) is 0.526. The van der Waals surface area contributed by atoms with Crippen LogP contribution in [0.4, 0.5) is 4.79 Å². The summed E-state index contributed by atoms with van der Waals surface area (Å²) in [4.78, 5) is 18.7. The van der Waals surface area contributed by atoms with Gasteiger partial charge in [0.2, 0.25) is 0 Å². The third kappa shape index (κ3) is 3.83. The van der Waals surface area contributed by atoms with Crippen LogP contribution >= 0.6 is 0 Å². The lowest BCUT2D eigenvalue weighted by atomic mass is 10.1. The van der Waals surface area contributed by atoms with Gasteiger partial charge < -0.3 is 9.26 Å². The molecule has 1 aromatic carbocycles. The van der Waals surface area contributed by atoms with E-state index in [1.807, 2.05) is 39.0 Å². The first-order valence-corrected chi connectivity index (χ1v) is 8.80. The van der Waals surface area contributed by atoms with Crippen molar-refractivity contribution in [1.82, 2.24) is 15.0 Å². The van der Waals surface area contributed by atoms with Crippen LogP contribution in [0, 0.1) is 0 Å². The van der Waals surface area contributed by atoms with E-state index < -0.39 is 5.60 Å². The molecule has 6 heteroatoms. The van der Waals surface area contributed by atoms with Gasteiger partial charge in [-0.3, -0.25) is 4.90 Å². The third-order valence-electron chi connectivity index (χ3n) is 4.25. The van der Waals surface area contributed by atoms with Gasteiger partial charge in [-0.05, 0) is 51.7 Å². The van der Waals surface area contributed by atoms with Crippen LogP contribution in [0.2, 0.25) is 0 Å². The van der Waals surface area contributed by atoms with Gasteiger partial charge in [-0.1, -0.05) is 30.3 Å². The van der Waals surface area contributed by atoms with Crippen molar-refractivity contribution >= 4 is 6.09 Å². The molecule has 0 N–H and O–H groups in total. The average Bonchev–Trinajstić information content (AvgIpc) is 3.22. The molecule has 0 radical (unpaired) electrons. The van der Waals surface area contributed by atoms with E-state index in [0.717, 1.165) is 30.4 Å². The number of ether oxygens (including phenoxy) is 1. The van der Waals surface area contributed by atoms with Crippen molar-refractivity contribution in [2.75, 3.05) is 6.54 Å².